The van der Waals surface area contributed by atoms with Gasteiger partial charge < -0.3 is 15.9 Å². The second-order valence-corrected chi connectivity index (χ2v) is 3.80. The predicted octanol–water partition coefficient (Wildman–Crippen LogP) is 0.761. The van der Waals surface area contributed by atoms with Gasteiger partial charge in [-0.05, 0) is 18.6 Å². The maximum atomic E-state index is 9.69. The molecular weight excluding hydrogens is 248 g/mol. The van der Waals surface area contributed by atoms with Gasteiger partial charge in [0.2, 0.25) is 0 Å². The molecule has 2 unspecified atom stereocenters. The molecule has 0 aliphatic rings. The summed E-state index contributed by atoms with van der Waals surface area (Å²) in [6, 6.07) is 1.72. The molecule has 0 saturated heterocycles. The first kappa shape index (κ1) is 11.4. The fraction of sp³-hybridized carbons (Fsp3) is 0.444. The van der Waals surface area contributed by atoms with Crippen molar-refractivity contribution < 1.29 is 10.2 Å². The number of anilines is 1. The summed E-state index contributed by atoms with van der Waals surface area (Å²) in [7, 11) is 0. The van der Waals surface area contributed by atoms with E-state index in [2.05, 4.69) is 20.9 Å². The van der Waals surface area contributed by atoms with Gasteiger partial charge in [-0.1, -0.05) is 15.9 Å². The molecule has 14 heavy (non-hydrogen) atoms. The molecule has 5 heteroatoms. The van der Waals surface area contributed by atoms with Gasteiger partial charge in [-0.25, -0.2) is 4.98 Å². The molecule has 78 valence electrons. The summed E-state index contributed by atoms with van der Waals surface area (Å²) in [5.74, 6) is 0.253. The van der Waals surface area contributed by atoms with Crippen LogP contribution < -0.4 is 5.73 Å². The van der Waals surface area contributed by atoms with Crippen molar-refractivity contribution >= 4 is 21.7 Å². The molecule has 4 N–H and O–H groups in total. The number of aliphatic hydroxyl groups excluding tert-OH is 2. The Hall–Kier alpha value is -0.650. The molecule has 1 heterocycles. The van der Waals surface area contributed by atoms with Crippen LogP contribution in [0.25, 0.3) is 0 Å². The molecule has 2 atom stereocenters. The Labute approximate surface area is 90.9 Å². The Kier molecular flexibility index (Phi) is 3.86. The molecule has 0 radical (unpaired) electrons. The van der Waals surface area contributed by atoms with Crippen LogP contribution in [0.4, 0.5) is 5.82 Å². The third-order valence-corrected chi connectivity index (χ3v) is 2.59. The second kappa shape index (κ2) is 4.72. The maximum absolute atomic E-state index is 9.69. The van der Waals surface area contributed by atoms with Crippen LogP contribution in [0.5, 0.6) is 0 Å². The van der Waals surface area contributed by atoms with Gasteiger partial charge in [0.15, 0.2) is 0 Å². The Morgan fingerprint density at radius 2 is 2.21 bits per heavy atom. The number of aryl methyl sites for hydroxylation is 1. The van der Waals surface area contributed by atoms with Crippen molar-refractivity contribution in [3.05, 3.63) is 23.4 Å². The first-order valence-electron chi connectivity index (χ1n) is 4.20. The van der Waals surface area contributed by atoms with Gasteiger partial charge in [0.05, 0.1) is 6.10 Å². The average Bonchev–Trinajstić information content (AvgIpc) is 2.19. The zero-order valence-corrected chi connectivity index (χ0v) is 9.40. The van der Waals surface area contributed by atoms with E-state index in [0.29, 0.717) is 10.9 Å². The second-order valence-electron chi connectivity index (χ2n) is 3.15. The fourth-order valence-corrected chi connectivity index (χ4v) is 1.49. The van der Waals surface area contributed by atoms with Crippen LogP contribution >= 0.6 is 15.9 Å². The van der Waals surface area contributed by atoms with Gasteiger partial charge in [0.1, 0.15) is 11.9 Å². The van der Waals surface area contributed by atoms with Crippen molar-refractivity contribution in [1.29, 1.82) is 0 Å². The highest BCUT2D eigenvalue weighted by Gasteiger charge is 2.19. The molecule has 0 aliphatic carbocycles. The maximum Gasteiger partial charge on any atom is 0.129 e. The number of pyridine rings is 1. The number of nitrogens with zero attached hydrogens (tertiary/aromatic N) is 1. The minimum absolute atomic E-state index is 0.253. The summed E-state index contributed by atoms with van der Waals surface area (Å²) in [5, 5.41) is 19.4. The van der Waals surface area contributed by atoms with Gasteiger partial charge in [0.25, 0.3) is 0 Å². The number of nitrogens with two attached hydrogens (primary N) is 1. The number of halogens is 1. The van der Waals surface area contributed by atoms with Crippen LogP contribution in [0.3, 0.4) is 0 Å². The van der Waals surface area contributed by atoms with Crippen LogP contribution in [0.2, 0.25) is 0 Å². The molecule has 0 amide bonds. The molecule has 0 saturated carbocycles. The number of rotatable bonds is 3. The van der Waals surface area contributed by atoms with Gasteiger partial charge in [-0.2, -0.15) is 0 Å². The number of aromatic nitrogens is 1. The molecule has 0 spiro atoms. The number of alkyl halides is 1. The highest BCUT2D eigenvalue weighted by molar-refractivity contribution is 9.09. The minimum atomic E-state index is -0.998. The molecule has 4 nitrogen and oxygen atoms in total. The average molecular weight is 261 g/mol. The van der Waals surface area contributed by atoms with Crippen molar-refractivity contribution in [1.82, 2.24) is 4.98 Å². The first-order chi connectivity index (χ1) is 6.56. The van der Waals surface area contributed by atoms with Crippen molar-refractivity contribution in [2.24, 2.45) is 0 Å². The van der Waals surface area contributed by atoms with Crippen LogP contribution in [0.15, 0.2) is 12.3 Å². The number of hydrogen-bond donors (Lipinski definition) is 3. The van der Waals surface area contributed by atoms with E-state index in [0.717, 1.165) is 5.56 Å². The monoisotopic (exact) mass is 260 g/mol. The molecule has 1 rings (SSSR count). The van der Waals surface area contributed by atoms with Crippen LogP contribution in [0, 0.1) is 6.92 Å². The summed E-state index contributed by atoms with van der Waals surface area (Å²) in [4.78, 5) is 3.91. The lowest BCUT2D eigenvalue weighted by Crippen LogP contribution is -2.21. The zero-order chi connectivity index (χ0) is 10.7. The fourth-order valence-electron chi connectivity index (χ4n) is 1.13. The molecule has 1 aromatic heterocycles. The summed E-state index contributed by atoms with van der Waals surface area (Å²) in [6.07, 6.45) is -0.255. The third-order valence-electron chi connectivity index (χ3n) is 1.93. The van der Waals surface area contributed by atoms with E-state index in [4.69, 9.17) is 5.73 Å². The van der Waals surface area contributed by atoms with Crippen molar-refractivity contribution in [2.75, 3.05) is 11.1 Å². The van der Waals surface area contributed by atoms with Crippen molar-refractivity contribution in [3.8, 4) is 0 Å². The van der Waals surface area contributed by atoms with Crippen molar-refractivity contribution in [2.45, 2.75) is 19.1 Å². The Balaban J connectivity index is 2.99. The first-order valence-corrected chi connectivity index (χ1v) is 5.32. The molecule has 0 aliphatic heterocycles. The molecule has 1 aromatic rings. The topological polar surface area (TPSA) is 79.4 Å². The van der Waals surface area contributed by atoms with Gasteiger partial charge in [-0.3, -0.25) is 0 Å². The number of hydrogen-bond acceptors (Lipinski definition) is 4. The molecule has 0 bridgehead atoms. The van der Waals surface area contributed by atoms with E-state index in [1.807, 2.05) is 6.92 Å². The van der Waals surface area contributed by atoms with Crippen LogP contribution in [-0.4, -0.2) is 26.6 Å². The van der Waals surface area contributed by atoms with Gasteiger partial charge in [0, 0.05) is 17.1 Å². The lowest BCUT2D eigenvalue weighted by molar-refractivity contribution is 0.0345. The summed E-state index contributed by atoms with van der Waals surface area (Å²) in [6.45, 7) is 1.85. The summed E-state index contributed by atoms with van der Waals surface area (Å²) >= 11 is 3.08. The number of aliphatic hydroxyl groups is 2. The van der Waals surface area contributed by atoms with E-state index in [9.17, 15) is 10.2 Å². The quantitative estimate of drug-likeness (QED) is 0.702. The SMILES string of the molecule is Cc1cnc(N)c(C(O)C(O)CBr)c1. The molecule has 0 fully saturated rings. The Bertz CT molecular complexity index is 320. The number of nitrogen functional groups attached to an aromatic ring is 1. The lowest BCUT2D eigenvalue weighted by atomic mass is 10.1. The normalized spacial score (nSPS) is 15.1. The van der Waals surface area contributed by atoms with E-state index in [-0.39, 0.29) is 5.82 Å². The molecular formula is C9H13BrN2O2. The van der Waals surface area contributed by atoms with E-state index >= 15 is 0 Å². The van der Waals surface area contributed by atoms with Crippen LogP contribution in [-0.2, 0) is 0 Å². The van der Waals surface area contributed by atoms with Gasteiger partial charge >= 0.3 is 0 Å². The largest absolute Gasteiger partial charge is 0.389 e. The third kappa shape index (κ3) is 2.43. The highest BCUT2D eigenvalue weighted by Crippen LogP contribution is 2.23. The van der Waals surface area contributed by atoms with E-state index < -0.39 is 12.2 Å². The van der Waals surface area contributed by atoms with Gasteiger partial charge in [-0.15, -0.1) is 0 Å². The highest BCUT2D eigenvalue weighted by atomic mass is 79.9. The minimum Gasteiger partial charge on any atom is -0.389 e. The van der Waals surface area contributed by atoms with Crippen LogP contribution in [0.1, 0.15) is 17.2 Å². The molecule has 0 aromatic carbocycles. The van der Waals surface area contributed by atoms with E-state index in [1.165, 1.54) is 0 Å². The standard InChI is InChI=1S/C9H13BrN2O2/c1-5-2-6(9(11)12-4-5)8(14)7(13)3-10/h2,4,7-8,13-14H,3H2,1H3,(H2,11,12). The summed E-state index contributed by atoms with van der Waals surface area (Å²) < 4.78 is 0. The Morgan fingerprint density at radius 3 is 2.79 bits per heavy atom. The van der Waals surface area contributed by atoms with E-state index in [1.54, 1.807) is 12.3 Å². The smallest absolute Gasteiger partial charge is 0.129 e. The Morgan fingerprint density at radius 1 is 1.57 bits per heavy atom. The lowest BCUT2D eigenvalue weighted by Gasteiger charge is -2.17. The predicted molar refractivity (Wildman–Crippen MR) is 58.1 cm³/mol. The zero-order valence-electron chi connectivity index (χ0n) is 7.81. The summed E-state index contributed by atoms with van der Waals surface area (Å²) in [5.41, 5.74) is 6.95. The van der Waals surface area contributed by atoms with Crippen molar-refractivity contribution in [3.63, 3.8) is 0 Å².